The van der Waals surface area contributed by atoms with Crippen LogP contribution in [-0.4, -0.2) is 35.0 Å². The molecule has 0 fully saturated rings. The Morgan fingerprint density at radius 3 is 2.24 bits per heavy atom. The van der Waals surface area contributed by atoms with Crippen LogP contribution in [0.25, 0.3) is 0 Å². The Bertz CT molecular complexity index is 617. The van der Waals surface area contributed by atoms with Gasteiger partial charge in [-0.1, -0.05) is 19.8 Å². The number of carbonyl (C=O) groups excluding carboxylic acids is 2. The number of carbonyl (C=O) groups is 3. The van der Waals surface area contributed by atoms with E-state index in [1.807, 2.05) is 6.92 Å². The van der Waals surface area contributed by atoms with E-state index in [2.05, 4.69) is 10.6 Å². The molecule has 0 aromatic heterocycles. The van der Waals surface area contributed by atoms with Crippen LogP contribution in [-0.2, 0) is 20.8 Å². The number of unbranched alkanes of at least 4 members (excludes halogenated alkanes) is 1. The second-order valence-electron chi connectivity index (χ2n) is 5.79. The number of nitrogens with one attached hydrogen (secondary N) is 2. The first-order valence-electron chi connectivity index (χ1n) is 8.00. The van der Waals surface area contributed by atoms with Gasteiger partial charge in [0.05, 0.1) is 6.42 Å². The average molecular weight is 356 g/mol. The van der Waals surface area contributed by atoms with Crippen molar-refractivity contribution in [3.63, 3.8) is 0 Å². The first-order chi connectivity index (χ1) is 11.7. The smallest absolute Gasteiger partial charge is 0.326 e. The lowest BCUT2D eigenvalue weighted by molar-refractivity contribution is -0.142. The lowest BCUT2D eigenvalue weighted by atomic mass is 10.1. The van der Waals surface area contributed by atoms with Crippen molar-refractivity contribution in [1.29, 1.82) is 0 Å². The van der Waals surface area contributed by atoms with Crippen LogP contribution >= 0.6 is 0 Å². The highest BCUT2D eigenvalue weighted by atomic mass is 19.1. The summed E-state index contributed by atoms with van der Waals surface area (Å²) in [5, 5.41) is 13.8. The minimum Gasteiger partial charge on any atom is -0.480 e. The molecular weight excluding hydrogens is 334 g/mol. The fraction of sp³-hybridized carbons (Fsp3) is 0.471. The van der Waals surface area contributed by atoms with Crippen molar-refractivity contribution in [1.82, 2.24) is 10.6 Å². The van der Waals surface area contributed by atoms with Crippen LogP contribution in [0.5, 0.6) is 0 Å². The number of rotatable bonds is 9. The van der Waals surface area contributed by atoms with Crippen molar-refractivity contribution in [3.05, 3.63) is 35.4 Å². The number of amides is 2. The number of halogens is 2. The fourth-order valence-electron chi connectivity index (χ4n) is 2.22. The summed E-state index contributed by atoms with van der Waals surface area (Å²) < 4.78 is 26.2. The number of carboxylic acid groups (broad SMARTS) is 1. The Balaban J connectivity index is 2.58. The molecule has 2 amide bonds. The van der Waals surface area contributed by atoms with E-state index in [-0.39, 0.29) is 12.0 Å². The first kappa shape index (κ1) is 20.5. The zero-order chi connectivity index (χ0) is 19.0. The molecule has 0 aliphatic heterocycles. The molecule has 0 bridgehead atoms. The van der Waals surface area contributed by atoms with Crippen LogP contribution in [0.15, 0.2) is 18.2 Å². The van der Waals surface area contributed by atoms with Gasteiger partial charge in [-0.25, -0.2) is 13.6 Å². The minimum absolute atomic E-state index is 0.133. The van der Waals surface area contributed by atoms with Crippen molar-refractivity contribution in [2.24, 2.45) is 0 Å². The van der Waals surface area contributed by atoms with E-state index in [1.165, 1.54) is 6.92 Å². The third kappa shape index (κ3) is 7.28. The summed E-state index contributed by atoms with van der Waals surface area (Å²) in [6.07, 6.45) is 1.42. The van der Waals surface area contributed by atoms with Crippen LogP contribution in [0.1, 0.15) is 38.7 Å². The largest absolute Gasteiger partial charge is 0.480 e. The van der Waals surface area contributed by atoms with Gasteiger partial charge in [0, 0.05) is 6.07 Å². The quantitative estimate of drug-likeness (QED) is 0.628. The van der Waals surface area contributed by atoms with Gasteiger partial charge in [-0.05, 0) is 31.0 Å². The molecule has 1 aromatic carbocycles. The molecule has 0 saturated heterocycles. The lowest BCUT2D eigenvalue weighted by Gasteiger charge is -2.18. The van der Waals surface area contributed by atoms with E-state index in [0.717, 1.165) is 18.6 Å². The molecule has 0 aliphatic rings. The van der Waals surface area contributed by atoms with Gasteiger partial charge in [0.15, 0.2) is 0 Å². The fourth-order valence-corrected chi connectivity index (χ4v) is 2.22. The Labute approximate surface area is 144 Å². The third-order valence-electron chi connectivity index (χ3n) is 3.52. The van der Waals surface area contributed by atoms with Crippen LogP contribution in [0.4, 0.5) is 8.78 Å². The van der Waals surface area contributed by atoms with Crippen LogP contribution in [0, 0.1) is 11.6 Å². The second kappa shape index (κ2) is 9.71. The van der Waals surface area contributed by atoms with Gasteiger partial charge < -0.3 is 15.7 Å². The van der Waals surface area contributed by atoms with Gasteiger partial charge in [0.1, 0.15) is 23.7 Å². The van der Waals surface area contributed by atoms with E-state index in [0.29, 0.717) is 18.9 Å². The molecule has 2 unspecified atom stereocenters. The number of hydrogen-bond acceptors (Lipinski definition) is 3. The van der Waals surface area contributed by atoms with Gasteiger partial charge in [-0.2, -0.15) is 0 Å². The maximum absolute atomic E-state index is 13.1. The summed E-state index contributed by atoms with van der Waals surface area (Å²) in [4.78, 5) is 35.0. The molecule has 25 heavy (non-hydrogen) atoms. The van der Waals surface area contributed by atoms with Gasteiger partial charge in [-0.15, -0.1) is 0 Å². The zero-order valence-electron chi connectivity index (χ0n) is 14.1. The SMILES string of the molecule is CCCCC(NC(=O)C(C)NC(=O)Cc1cc(F)cc(F)c1)C(=O)O. The maximum atomic E-state index is 13.1. The minimum atomic E-state index is -1.14. The summed E-state index contributed by atoms with van der Waals surface area (Å²) in [6, 6.07) is 0.746. The number of benzene rings is 1. The van der Waals surface area contributed by atoms with Crippen LogP contribution in [0.3, 0.4) is 0 Å². The standard InChI is InChI=1S/C17H22F2N2O4/c1-3-4-5-14(17(24)25)21-16(23)10(2)20-15(22)8-11-6-12(18)9-13(19)7-11/h6-7,9-10,14H,3-5,8H2,1-2H3,(H,20,22)(H,21,23)(H,24,25). The van der Waals surface area contributed by atoms with E-state index in [1.54, 1.807) is 0 Å². The van der Waals surface area contributed by atoms with Crippen LogP contribution in [0.2, 0.25) is 0 Å². The molecule has 138 valence electrons. The molecular formula is C17H22F2N2O4. The van der Waals surface area contributed by atoms with E-state index in [9.17, 15) is 23.2 Å². The van der Waals surface area contributed by atoms with E-state index >= 15 is 0 Å². The molecule has 0 aliphatic carbocycles. The predicted octanol–water partition coefficient (Wildman–Crippen LogP) is 1.77. The van der Waals surface area contributed by atoms with Gasteiger partial charge >= 0.3 is 5.97 Å². The summed E-state index contributed by atoms with van der Waals surface area (Å²) in [7, 11) is 0. The van der Waals surface area contributed by atoms with E-state index < -0.39 is 41.5 Å². The molecule has 0 saturated carbocycles. The maximum Gasteiger partial charge on any atom is 0.326 e. The van der Waals surface area contributed by atoms with Crippen molar-refractivity contribution in [2.75, 3.05) is 0 Å². The third-order valence-corrected chi connectivity index (χ3v) is 3.52. The predicted molar refractivity (Wildman–Crippen MR) is 86.8 cm³/mol. The first-order valence-corrected chi connectivity index (χ1v) is 8.00. The Kier molecular flexibility index (Phi) is 7.97. The Hall–Kier alpha value is -2.51. The monoisotopic (exact) mass is 356 g/mol. The number of aliphatic carboxylic acids is 1. The summed E-state index contributed by atoms with van der Waals surface area (Å²) in [6.45, 7) is 3.30. The van der Waals surface area contributed by atoms with Gasteiger partial charge in [0.25, 0.3) is 0 Å². The molecule has 1 rings (SSSR count). The highest BCUT2D eigenvalue weighted by molar-refractivity contribution is 5.90. The molecule has 0 radical (unpaired) electrons. The number of hydrogen-bond donors (Lipinski definition) is 3. The topological polar surface area (TPSA) is 95.5 Å². The van der Waals surface area contributed by atoms with Crippen molar-refractivity contribution >= 4 is 17.8 Å². The van der Waals surface area contributed by atoms with Crippen molar-refractivity contribution in [2.45, 2.75) is 51.6 Å². The van der Waals surface area contributed by atoms with Gasteiger partial charge in [0.2, 0.25) is 11.8 Å². The highest BCUT2D eigenvalue weighted by Gasteiger charge is 2.23. The van der Waals surface area contributed by atoms with E-state index in [4.69, 9.17) is 5.11 Å². The molecule has 1 aromatic rings. The summed E-state index contributed by atoms with van der Waals surface area (Å²) in [5.41, 5.74) is 0.133. The lowest BCUT2D eigenvalue weighted by Crippen LogP contribution is -2.50. The summed E-state index contributed by atoms with van der Waals surface area (Å²) >= 11 is 0. The Morgan fingerprint density at radius 1 is 1.12 bits per heavy atom. The van der Waals surface area contributed by atoms with Gasteiger partial charge in [-0.3, -0.25) is 9.59 Å². The molecule has 0 heterocycles. The number of carboxylic acids is 1. The van der Waals surface area contributed by atoms with Crippen LogP contribution < -0.4 is 10.6 Å². The average Bonchev–Trinajstić information content (AvgIpc) is 2.49. The van der Waals surface area contributed by atoms with Crippen molar-refractivity contribution < 1.29 is 28.3 Å². The summed E-state index contributed by atoms with van der Waals surface area (Å²) in [5.74, 6) is -3.98. The molecule has 0 spiro atoms. The Morgan fingerprint density at radius 2 is 1.72 bits per heavy atom. The zero-order valence-corrected chi connectivity index (χ0v) is 14.1. The normalized spacial score (nSPS) is 13.0. The van der Waals surface area contributed by atoms with Crippen molar-refractivity contribution in [3.8, 4) is 0 Å². The molecule has 3 N–H and O–H groups in total. The second-order valence-corrected chi connectivity index (χ2v) is 5.79. The molecule has 2 atom stereocenters. The molecule has 8 heteroatoms. The highest BCUT2D eigenvalue weighted by Crippen LogP contribution is 2.08. The molecule has 6 nitrogen and oxygen atoms in total.